The molecular formula is C53H54F2N6O10S2. The molecule has 1 fully saturated rings. The molecule has 0 saturated heterocycles. The predicted octanol–water partition coefficient (Wildman–Crippen LogP) is 7.98. The van der Waals surface area contributed by atoms with Gasteiger partial charge in [0, 0.05) is 66.2 Å². The van der Waals surface area contributed by atoms with Crippen LogP contribution < -0.4 is 30.3 Å². The van der Waals surface area contributed by atoms with Crippen LogP contribution in [0.1, 0.15) is 61.5 Å². The number of methoxy groups -OCH3 is 2. The van der Waals surface area contributed by atoms with Crippen LogP contribution in [0.5, 0.6) is 23.0 Å². The Labute approximate surface area is 420 Å². The van der Waals surface area contributed by atoms with E-state index in [0.717, 1.165) is 25.4 Å². The highest BCUT2D eigenvalue weighted by molar-refractivity contribution is 7.90. The first-order chi connectivity index (χ1) is 34.9. The molecule has 8 aromatic rings. The summed E-state index contributed by atoms with van der Waals surface area (Å²) < 4.78 is 113. The monoisotopic (exact) mass is 1040 g/mol. The van der Waals surface area contributed by atoms with Crippen LogP contribution in [-0.4, -0.2) is 96.5 Å². The Morgan fingerprint density at radius 1 is 0.658 bits per heavy atom. The molecule has 73 heavy (non-hydrogen) atoms. The first kappa shape index (κ1) is 50.6. The largest absolute Gasteiger partial charge is 0.493 e. The molecule has 0 amide bonds. The summed E-state index contributed by atoms with van der Waals surface area (Å²) in [6, 6.07) is 22.2. The minimum absolute atomic E-state index is 0.0498. The van der Waals surface area contributed by atoms with Crippen molar-refractivity contribution in [3.63, 3.8) is 0 Å². The van der Waals surface area contributed by atoms with Crippen molar-refractivity contribution >= 4 is 42.0 Å². The molecule has 0 bridgehead atoms. The zero-order chi connectivity index (χ0) is 51.9. The van der Waals surface area contributed by atoms with Crippen molar-refractivity contribution in [2.24, 2.45) is 0 Å². The summed E-state index contributed by atoms with van der Waals surface area (Å²) in [6.45, 7) is 4.08. The lowest BCUT2D eigenvalue weighted by Crippen LogP contribution is -2.31. The highest BCUT2D eigenvalue weighted by atomic mass is 32.2. The highest BCUT2D eigenvalue weighted by Gasteiger charge is 2.34. The van der Waals surface area contributed by atoms with Gasteiger partial charge >= 0.3 is 11.4 Å². The Kier molecular flexibility index (Phi) is 14.1. The molecule has 1 aliphatic carbocycles. The summed E-state index contributed by atoms with van der Waals surface area (Å²) in [4.78, 5) is 38.0. The number of ether oxygens (including phenoxy) is 4. The number of imidazole rings is 2. The number of fused-ring (bicyclic) bond motifs is 2. The number of sulfone groups is 2. The third-order valence-corrected chi connectivity index (χ3v) is 14.8. The zero-order valence-corrected chi connectivity index (χ0v) is 42.7. The van der Waals surface area contributed by atoms with Crippen LogP contribution in [0, 0.1) is 11.6 Å². The molecule has 4 aromatic heterocycles. The average molecular weight is 1040 g/mol. The first-order valence-corrected chi connectivity index (χ1v) is 27.8. The molecule has 0 spiro atoms. The van der Waals surface area contributed by atoms with Crippen molar-refractivity contribution < 1.29 is 44.6 Å². The van der Waals surface area contributed by atoms with E-state index in [1.807, 2.05) is 6.92 Å². The van der Waals surface area contributed by atoms with E-state index in [1.54, 1.807) is 96.4 Å². The number of rotatable bonds is 20. The fourth-order valence-corrected chi connectivity index (χ4v) is 11.3. The first-order valence-electron chi connectivity index (χ1n) is 23.7. The molecule has 16 nitrogen and oxygen atoms in total. The van der Waals surface area contributed by atoms with Gasteiger partial charge < -0.3 is 18.9 Å². The van der Waals surface area contributed by atoms with E-state index in [1.165, 1.54) is 46.4 Å². The summed E-state index contributed by atoms with van der Waals surface area (Å²) >= 11 is 0. The van der Waals surface area contributed by atoms with Crippen molar-refractivity contribution in [3.05, 3.63) is 153 Å². The molecule has 0 N–H and O–H groups in total. The normalized spacial score (nSPS) is 13.9. The van der Waals surface area contributed by atoms with E-state index in [2.05, 4.69) is 4.98 Å². The van der Waals surface area contributed by atoms with Gasteiger partial charge in [0.1, 0.15) is 31.3 Å². The highest BCUT2D eigenvalue weighted by Crippen LogP contribution is 2.40. The quantitative estimate of drug-likeness (QED) is 0.0718. The van der Waals surface area contributed by atoms with E-state index >= 15 is 4.39 Å². The fraction of sp³-hybridized carbons (Fsp3) is 0.321. The molecule has 0 aliphatic heterocycles. The lowest BCUT2D eigenvalue weighted by atomic mass is 10.0. The predicted molar refractivity (Wildman–Crippen MR) is 275 cm³/mol. The number of pyridine rings is 2. The molecule has 1 saturated carbocycles. The topological polar surface area (TPSA) is 185 Å². The Hall–Kier alpha value is -7.32. The second-order valence-electron chi connectivity index (χ2n) is 18.1. The molecule has 0 radical (unpaired) electrons. The smallest absolute Gasteiger partial charge is 0.331 e. The minimum Gasteiger partial charge on any atom is -0.493 e. The third-order valence-electron chi connectivity index (χ3n) is 13.0. The Balaban J connectivity index is 1.03. The lowest BCUT2D eigenvalue weighted by molar-refractivity contribution is 0.295. The van der Waals surface area contributed by atoms with Crippen molar-refractivity contribution in [2.75, 3.05) is 51.5 Å². The second kappa shape index (κ2) is 20.3. The van der Waals surface area contributed by atoms with Crippen molar-refractivity contribution in [1.29, 1.82) is 0 Å². The van der Waals surface area contributed by atoms with Gasteiger partial charge in [-0.2, -0.15) is 0 Å². The number of halogens is 2. The van der Waals surface area contributed by atoms with E-state index in [9.17, 15) is 30.8 Å². The Morgan fingerprint density at radius 3 is 1.77 bits per heavy atom. The van der Waals surface area contributed by atoms with Crippen LogP contribution in [0.15, 0.2) is 113 Å². The van der Waals surface area contributed by atoms with Crippen molar-refractivity contribution in [2.45, 2.75) is 57.8 Å². The number of hydrogen-bond donors (Lipinski definition) is 0. The van der Waals surface area contributed by atoms with Gasteiger partial charge in [0.2, 0.25) is 0 Å². The van der Waals surface area contributed by atoms with Crippen LogP contribution in [-0.2, 0) is 32.6 Å². The van der Waals surface area contributed by atoms with E-state index in [-0.39, 0.29) is 48.2 Å². The summed E-state index contributed by atoms with van der Waals surface area (Å²) in [5, 5.41) is 0. The van der Waals surface area contributed by atoms with Crippen LogP contribution in [0.4, 0.5) is 8.78 Å². The molecule has 0 unspecified atom stereocenters. The number of nitrogens with zero attached hydrogens (tertiary/aromatic N) is 6. The Morgan fingerprint density at radius 2 is 1.21 bits per heavy atom. The zero-order valence-electron chi connectivity index (χ0n) is 41.0. The van der Waals surface area contributed by atoms with E-state index in [0.29, 0.717) is 68.3 Å². The SMILES string of the molecule is CCOc1cc([C@H](CS(C)(=O)=O)n2c(=O)n(C3CC3)c3cc(-c4cccc(CCOc5cc([C@H](CS(C)(=O)=O)n6c(=O)n(CC)c7cc(-c8ccccc8F)cnc76)ccc5OC)c4F)cnc32)ccc1OC. The number of benzene rings is 4. The van der Waals surface area contributed by atoms with Crippen LogP contribution >= 0.6 is 0 Å². The number of aryl methyl sites for hydroxylation is 1. The fourth-order valence-electron chi connectivity index (χ4n) is 9.48. The second-order valence-corrected chi connectivity index (χ2v) is 22.5. The summed E-state index contributed by atoms with van der Waals surface area (Å²) in [7, 11) is -4.44. The lowest BCUT2D eigenvalue weighted by Gasteiger charge is -2.20. The summed E-state index contributed by atoms with van der Waals surface area (Å²) in [6.07, 6.45) is 6.64. The van der Waals surface area contributed by atoms with Crippen LogP contribution in [0.3, 0.4) is 0 Å². The van der Waals surface area contributed by atoms with Crippen molar-refractivity contribution in [1.82, 2.24) is 28.2 Å². The molecule has 4 aromatic carbocycles. The molecule has 9 rings (SSSR count). The molecule has 1 aliphatic rings. The van der Waals surface area contributed by atoms with Gasteiger partial charge in [-0.1, -0.05) is 48.5 Å². The molecule has 4 heterocycles. The maximum atomic E-state index is 16.8. The average Bonchev–Trinajstić information content (AvgIpc) is 4.09. The van der Waals surface area contributed by atoms with Gasteiger partial charge in [0.15, 0.2) is 34.3 Å². The van der Waals surface area contributed by atoms with Gasteiger partial charge in [0.05, 0.1) is 62.1 Å². The third kappa shape index (κ3) is 10.2. The minimum atomic E-state index is -3.73. The van der Waals surface area contributed by atoms with Gasteiger partial charge in [-0.3, -0.25) is 18.3 Å². The molecule has 382 valence electrons. The van der Waals surface area contributed by atoms with Crippen molar-refractivity contribution in [3.8, 4) is 45.3 Å². The van der Waals surface area contributed by atoms with Gasteiger partial charge in [-0.05, 0) is 85.8 Å². The van der Waals surface area contributed by atoms with Gasteiger partial charge in [-0.15, -0.1) is 0 Å². The van der Waals surface area contributed by atoms with E-state index < -0.39 is 66.3 Å². The standard InChI is InChI=1S/C53H54F2N6O10S2/c1-7-58-41-24-35(38-13-9-10-15-40(38)54)28-56-50(41)60(52(58)62)43(30-72(5,64)65)34-17-21-46(69-4)48(27-34)71-23-22-32-12-11-14-39(49(32)55)36-25-42-51(57-29-36)61(53(63)59(42)37-18-19-37)44(31-73(6,66)67)33-16-20-45(68-3)47(26-33)70-8-2/h9-17,20-21,24-29,37,43-44H,7-8,18-19,22-23,30-31H2,1-6H3/t43-,44-/m0/s1. The molecule has 20 heteroatoms. The Bertz CT molecular complexity index is 3770. The molecule has 2 atom stereocenters. The maximum absolute atomic E-state index is 16.8. The summed E-state index contributed by atoms with van der Waals surface area (Å²) in [5.41, 5.74) is 2.88. The van der Waals surface area contributed by atoms with Crippen LogP contribution in [0.2, 0.25) is 0 Å². The van der Waals surface area contributed by atoms with Gasteiger partial charge in [-0.25, -0.2) is 45.2 Å². The number of hydrogen-bond acceptors (Lipinski definition) is 12. The van der Waals surface area contributed by atoms with Crippen LogP contribution in [0.25, 0.3) is 44.6 Å². The van der Waals surface area contributed by atoms with Gasteiger partial charge in [0.25, 0.3) is 0 Å². The molecular weight excluding hydrogens is 983 g/mol. The maximum Gasteiger partial charge on any atom is 0.331 e. The summed E-state index contributed by atoms with van der Waals surface area (Å²) in [5.74, 6) is -0.527. The van der Waals surface area contributed by atoms with E-state index in [4.69, 9.17) is 23.9 Å². The number of aromatic nitrogens is 6.